The van der Waals surface area contributed by atoms with Gasteiger partial charge in [0, 0.05) is 15.4 Å². The fraction of sp³-hybridized carbons (Fsp3) is 0.692. The molecule has 0 spiro atoms. The number of rotatable bonds is 7. The zero-order chi connectivity index (χ0) is 12.8. The lowest BCUT2D eigenvalue weighted by molar-refractivity contribution is 0.346. The summed E-state index contributed by atoms with van der Waals surface area (Å²) in [6, 6.07) is 2.61. The molecule has 0 radical (unpaired) electrons. The normalized spacial score (nSPS) is 13.3. The standard InChI is InChI=1S/C13H21BrClNS/c1-4-7-16-12(9(5-2)6-3)11-8-10(14)13(15)17-11/h8-9,12,16H,4-7H2,1-3H3. The quantitative estimate of drug-likeness (QED) is 0.678. The van der Waals surface area contributed by atoms with Crippen molar-refractivity contribution in [1.82, 2.24) is 5.32 Å². The lowest BCUT2D eigenvalue weighted by Gasteiger charge is -2.25. The predicted octanol–water partition coefficient (Wildman–Crippen LogP) is 5.64. The second-order valence-corrected chi connectivity index (χ2v) is 6.82. The Hall–Kier alpha value is 0.430. The molecule has 0 aliphatic rings. The molecule has 1 atom stereocenters. The molecule has 0 saturated carbocycles. The van der Waals surface area contributed by atoms with Crippen molar-refractivity contribution in [2.45, 2.75) is 46.1 Å². The Morgan fingerprint density at radius 2 is 2.00 bits per heavy atom. The first kappa shape index (κ1) is 15.5. The third kappa shape index (κ3) is 4.23. The van der Waals surface area contributed by atoms with Crippen molar-refractivity contribution in [3.63, 3.8) is 0 Å². The minimum atomic E-state index is 0.443. The van der Waals surface area contributed by atoms with E-state index in [2.05, 4.69) is 48.1 Å². The Balaban J connectivity index is 2.88. The topological polar surface area (TPSA) is 12.0 Å². The lowest BCUT2D eigenvalue weighted by atomic mass is 9.93. The fourth-order valence-electron chi connectivity index (χ4n) is 2.08. The fourth-order valence-corrected chi connectivity index (χ4v) is 3.98. The van der Waals surface area contributed by atoms with Crippen LogP contribution < -0.4 is 5.32 Å². The summed E-state index contributed by atoms with van der Waals surface area (Å²) in [5.41, 5.74) is 0. The van der Waals surface area contributed by atoms with E-state index >= 15 is 0 Å². The van der Waals surface area contributed by atoms with Crippen LogP contribution in [0.25, 0.3) is 0 Å². The first-order valence-electron chi connectivity index (χ1n) is 6.32. The molecule has 0 fully saturated rings. The molecule has 0 aromatic carbocycles. The van der Waals surface area contributed by atoms with Crippen molar-refractivity contribution in [3.05, 3.63) is 19.8 Å². The number of hydrogen-bond acceptors (Lipinski definition) is 2. The SMILES string of the molecule is CCCNC(c1cc(Br)c(Cl)s1)C(CC)CC. The van der Waals surface area contributed by atoms with Crippen LogP contribution in [0.3, 0.4) is 0 Å². The minimum Gasteiger partial charge on any atom is -0.309 e. The molecule has 1 N–H and O–H groups in total. The van der Waals surface area contributed by atoms with Crippen LogP contribution in [0, 0.1) is 5.92 Å². The van der Waals surface area contributed by atoms with Crippen LogP contribution in [0.1, 0.15) is 51.0 Å². The summed E-state index contributed by atoms with van der Waals surface area (Å²) in [5.74, 6) is 0.683. The van der Waals surface area contributed by atoms with Crippen molar-refractivity contribution in [2.24, 2.45) is 5.92 Å². The molecule has 0 amide bonds. The maximum absolute atomic E-state index is 6.14. The van der Waals surface area contributed by atoms with Crippen molar-refractivity contribution in [1.29, 1.82) is 0 Å². The largest absolute Gasteiger partial charge is 0.309 e. The van der Waals surface area contributed by atoms with Gasteiger partial charge in [0.15, 0.2) is 0 Å². The van der Waals surface area contributed by atoms with E-state index < -0.39 is 0 Å². The Kier molecular flexibility index (Phi) is 7.08. The zero-order valence-corrected chi connectivity index (χ0v) is 13.9. The van der Waals surface area contributed by atoms with Gasteiger partial charge >= 0.3 is 0 Å². The van der Waals surface area contributed by atoms with E-state index in [0.29, 0.717) is 12.0 Å². The van der Waals surface area contributed by atoms with E-state index in [1.54, 1.807) is 11.3 Å². The van der Waals surface area contributed by atoms with E-state index in [0.717, 1.165) is 21.8 Å². The highest BCUT2D eigenvalue weighted by Gasteiger charge is 2.22. The number of thiophene rings is 1. The summed E-state index contributed by atoms with van der Waals surface area (Å²) in [5, 5.41) is 3.66. The van der Waals surface area contributed by atoms with Crippen molar-refractivity contribution in [3.8, 4) is 0 Å². The van der Waals surface area contributed by atoms with Gasteiger partial charge < -0.3 is 5.32 Å². The number of nitrogens with one attached hydrogen (secondary N) is 1. The molecular formula is C13H21BrClNS. The van der Waals surface area contributed by atoms with E-state index in [1.165, 1.54) is 17.7 Å². The summed E-state index contributed by atoms with van der Waals surface area (Å²) in [7, 11) is 0. The van der Waals surface area contributed by atoms with E-state index in [4.69, 9.17) is 11.6 Å². The first-order chi connectivity index (χ1) is 8.13. The van der Waals surface area contributed by atoms with E-state index in [9.17, 15) is 0 Å². The Bertz CT molecular complexity index is 317. The van der Waals surface area contributed by atoms with Gasteiger partial charge in [-0.1, -0.05) is 45.2 Å². The van der Waals surface area contributed by atoms with Crippen molar-refractivity contribution in [2.75, 3.05) is 6.54 Å². The van der Waals surface area contributed by atoms with Crippen LogP contribution >= 0.6 is 38.9 Å². The molecule has 1 aromatic rings. The number of halogens is 2. The molecule has 0 aliphatic carbocycles. The highest BCUT2D eigenvalue weighted by molar-refractivity contribution is 9.10. The van der Waals surface area contributed by atoms with Gasteiger partial charge in [0.25, 0.3) is 0 Å². The highest BCUT2D eigenvalue weighted by Crippen LogP contribution is 2.38. The molecular weight excluding hydrogens is 318 g/mol. The molecule has 1 unspecified atom stereocenters. The van der Waals surface area contributed by atoms with Gasteiger partial charge in [-0.3, -0.25) is 0 Å². The molecule has 0 saturated heterocycles. The van der Waals surface area contributed by atoms with Crippen LogP contribution in [-0.2, 0) is 0 Å². The minimum absolute atomic E-state index is 0.443. The molecule has 1 rings (SSSR count). The molecule has 1 nitrogen and oxygen atoms in total. The second kappa shape index (κ2) is 7.78. The monoisotopic (exact) mass is 337 g/mol. The summed E-state index contributed by atoms with van der Waals surface area (Å²) in [4.78, 5) is 1.35. The first-order valence-corrected chi connectivity index (χ1v) is 8.30. The smallest absolute Gasteiger partial charge is 0.107 e. The Morgan fingerprint density at radius 3 is 2.41 bits per heavy atom. The van der Waals surface area contributed by atoms with Gasteiger partial charge in [-0.2, -0.15) is 0 Å². The third-order valence-electron chi connectivity index (χ3n) is 3.11. The summed E-state index contributed by atoms with van der Waals surface area (Å²) >= 11 is 11.3. The van der Waals surface area contributed by atoms with Crippen molar-refractivity contribution < 1.29 is 0 Å². The van der Waals surface area contributed by atoms with Crippen molar-refractivity contribution >= 4 is 38.9 Å². The predicted molar refractivity (Wildman–Crippen MR) is 82.1 cm³/mol. The van der Waals surface area contributed by atoms with Gasteiger partial charge in [0.2, 0.25) is 0 Å². The highest BCUT2D eigenvalue weighted by atomic mass is 79.9. The molecule has 1 aromatic heterocycles. The van der Waals surface area contributed by atoms with Crippen LogP contribution in [0.2, 0.25) is 4.34 Å². The molecule has 1 heterocycles. The molecule has 4 heteroatoms. The lowest BCUT2D eigenvalue weighted by Crippen LogP contribution is -2.27. The van der Waals surface area contributed by atoms with Crippen LogP contribution in [0.5, 0.6) is 0 Å². The van der Waals surface area contributed by atoms with Gasteiger partial charge in [-0.25, -0.2) is 0 Å². The van der Waals surface area contributed by atoms with Gasteiger partial charge in [-0.15, -0.1) is 11.3 Å². The average molecular weight is 339 g/mol. The molecule has 98 valence electrons. The van der Waals surface area contributed by atoms with Crippen LogP contribution in [0.4, 0.5) is 0 Å². The van der Waals surface area contributed by atoms with Crippen LogP contribution in [0.15, 0.2) is 10.5 Å². The zero-order valence-electron chi connectivity index (χ0n) is 10.7. The third-order valence-corrected chi connectivity index (χ3v) is 5.66. The van der Waals surface area contributed by atoms with Gasteiger partial charge in [-0.05, 0) is 40.9 Å². The summed E-state index contributed by atoms with van der Waals surface area (Å²) < 4.78 is 1.88. The maximum Gasteiger partial charge on any atom is 0.107 e. The van der Waals surface area contributed by atoms with Gasteiger partial charge in [0.05, 0.1) is 0 Å². The average Bonchev–Trinajstić information content (AvgIpc) is 2.65. The molecule has 17 heavy (non-hydrogen) atoms. The summed E-state index contributed by atoms with van der Waals surface area (Å²) in [6.45, 7) is 7.79. The second-order valence-electron chi connectivity index (χ2n) is 4.28. The van der Waals surface area contributed by atoms with E-state index in [1.807, 2.05) is 0 Å². The Morgan fingerprint density at radius 1 is 1.35 bits per heavy atom. The Labute approximate surface area is 122 Å². The summed E-state index contributed by atoms with van der Waals surface area (Å²) in [6.07, 6.45) is 3.56. The molecule has 0 bridgehead atoms. The maximum atomic E-state index is 6.14. The number of hydrogen-bond donors (Lipinski definition) is 1. The van der Waals surface area contributed by atoms with Crippen LogP contribution in [-0.4, -0.2) is 6.54 Å². The van der Waals surface area contributed by atoms with E-state index in [-0.39, 0.29) is 0 Å². The molecule has 0 aliphatic heterocycles. The van der Waals surface area contributed by atoms with Gasteiger partial charge in [0.1, 0.15) is 4.34 Å².